The summed E-state index contributed by atoms with van der Waals surface area (Å²) in [5.41, 5.74) is 1.85. The van der Waals surface area contributed by atoms with Gasteiger partial charge in [0, 0.05) is 6.07 Å². The first-order valence-corrected chi connectivity index (χ1v) is 7.07. The van der Waals surface area contributed by atoms with Gasteiger partial charge in [0.05, 0.1) is 17.6 Å². The minimum atomic E-state index is -0.0615. The van der Waals surface area contributed by atoms with Gasteiger partial charge in [0.1, 0.15) is 23.7 Å². The van der Waals surface area contributed by atoms with Crippen LogP contribution in [0.1, 0.15) is 5.76 Å². The van der Waals surface area contributed by atoms with Gasteiger partial charge in [0.15, 0.2) is 0 Å². The van der Waals surface area contributed by atoms with Crippen LogP contribution >= 0.6 is 0 Å². The maximum absolute atomic E-state index is 12.7. The van der Waals surface area contributed by atoms with E-state index in [2.05, 4.69) is 0 Å². The van der Waals surface area contributed by atoms with E-state index in [9.17, 15) is 4.79 Å². The average Bonchev–Trinajstić information content (AvgIpc) is 2.53. The molecule has 0 fully saturated rings. The number of rotatable bonds is 4. The first-order valence-electron chi connectivity index (χ1n) is 7.07. The van der Waals surface area contributed by atoms with Crippen LogP contribution in [0.25, 0.3) is 22.1 Å². The summed E-state index contributed by atoms with van der Waals surface area (Å²) in [4.78, 5) is 12.7. The highest BCUT2D eigenvalue weighted by Gasteiger charge is 2.13. The van der Waals surface area contributed by atoms with E-state index in [-0.39, 0.29) is 18.6 Å². The molecule has 0 unspecified atom stereocenters. The second-order valence-electron chi connectivity index (χ2n) is 4.96. The summed E-state index contributed by atoms with van der Waals surface area (Å²) < 4.78 is 11.2. The largest absolute Gasteiger partial charge is 0.491 e. The monoisotopic (exact) mass is 296 g/mol. The van der Waals surface area contributed by atoms with E-state index in [1.807, 2.05) is 30.3 Å². The fourth-order valence-corrected chi connectivity index (χ4v) is 2.48. The van der Waals surface area contributed by atoms with Crippen molar-refractivity contribution in [3.63, 3.8) is 0 Å². The van der Waals surface area contributed by atoms with E-state index >= 15 is 0 Å². The van der Waals surface area contributed by atoms with E-state index in [0.29, 0.717) is 28.0 Å². The smallest absolute Gasteiger partial charge is 0.200 e. The highest BCUT2D eigenvalue weighted by Crippen LogP contribution is 2.26. The van der Waals surface area contributed by atoms with Crippen LogP contribution in [-0.2, 0) is 0 Å². The Morgan fingerprint density at radius 3 is 2.64 bits per heavy atom. The molecule has 0 saturated heterocycles. The minimum absolute atomic E-state index is 0.0568. The molecule has 0 aliphatic carbocycles. The van der Waals surface area contributed by atoms with Crippen LogP contribution < -0.4 is 10.2 Å². The van der Waals surface area contributed by atoms with Crippen molar-refractivity contribution in [2.24, 2.45) is 0 Å². The molecule has 112 valence electrons. The third-order valence-electron chi connectivity index (χ3n) is 3.46. The Morgan fingerprint density at radius 2 is 1.91 bits per heavy atom. The third kappa shape index (κ3) is 2.61. The van der Waals surface area contributed by atoms with Crippen LogP contribution in [0.2, 0.25) is 0 Å². The first-order chi connectivity index (χ1) is 10.7. The maximum Gasteiger partial charge on any atom is 0.200 e. The number of aliphatic hydroxyl groups is 1. The summed E-state index contributed by atoms with van der Waals surface area (Å²) >= 11 is 0. The zero-order chi connectivity index (χ0) is 15.5. The Morgan fingerprint density at radius 1 is 1.14 bits per heavy atom. The van der Waals surface area contributed by atoms with Crippen LogP contribution in [0.3, 0.4) is 0 Å². The Kier molecular flexibility index (Phi) is 3.94. The summed E-state index contributed by atoms with van der Waals surface area (Å²) in [5.74, 6) is 1.14. The van der Waals surface area contributed by atoms with Crippen molar-refractivity contribution in [2.75, 3.05) is 13.2 Å². The van der Waals surface area contributed by atoms with Crippen LogP contribution in [0.15, 0.2) is 57.7 Å². The molecular formula is C18H16O4. The van der Waals surface area contributed by atoms with E-state index in [0.717, 1.165) is 5.56 Å². The van der Waals surface area contributed by atoms with Crippen LogP contribution in [0.4, 0.5) is 0 Å². The van der Waals surface area contributed by atoms with Gasteiger partial charge in [-0.05, 0) is 24.6 Å². The molecule has 0 bridgehead atoms. The molecule has 4 heteroatoms. The molecule has 1 N–H and O–H groups in total. The van der Waals surface area contributed by atoms with Crippen molar-refractivity contribution in [3.05, 3.63) is 64.5 Å². The van der Waals surface area contributed by atoms with Gasteiger partial charge >= 0.3 is 0 Å². The standard InChI is InChI=1S/C18H16O4/c1-12-17(13-5-3-2-4-6-13)18(20)15-8-7-14(21-10-9-19)11-16(15)22-12/h2-8,11,19H,9-10H2,1H3. The van der Waals surface area contributed by atoms with Gasteiger partial charge in [-0.2, -0.15) is 0 Å². The van der Waals surface area contributed by atoms with Gasteiger partial charge in [0.25, 0.3) is 0 Å². The molecule has 0 saturated carbocycles. The molecule has 2 aromatic carbocycles. The van der Waals surface area contributed by atoms with Gasteiger partial charge in [0.2, 0.25) is 5.43 Å². The van der Waals surface area contributed by atoms with E-state index in [1.165, 1.54) is 0 Å². The second-order valence-corrected chi connectivity index (χ2v) is 4.96. The number of ether oxygens (including phenoxy) is 1. The molecule has 0 spiro atoms. The van der Waals surface area contributed by atoms with Crippen molar-refractivity contribution in [3.8, 4) is 16.9 Å². The highest BCUT2D eigenvalue weighted by atomic mass is 16.5. The zero-order valence-electron chi connectivity index (χ0n) is 12.2. The summed E-state index contributed by atoms with van der Waals surface area (Å²) in [6.45, 7) is 1.93. The van der Waals surface area contributed by atoms with Crippen LogP contribution in [-0.4, -0.2) is 18.3 Å². The quantitative estimate of drug-likeness (QED) is 0.803. The number of aryl methyl sites for hydroxylation is 1. The molecule has 22 heavy (non-hydrogen) atoms. The fourth-order valence-electron chi connectivity index (χ4n) is 2.48. The third-order valence-corrected chi connectivity index (χ3v) is 3.46. The average molecular weight is 296 g/mol. The van der Waals surface area contributed by atoms with E-state index in [1.54, 1.807) is 25.1 Å². The second kappa shape index (κ2) is 6.03. The van der Waals surface area contributed by atoms with Crippen molar-refractivity contribution in [2.45, 2.75) is 6.92 Å². The summed E-state index contributed by atoms with van der Waals surface area (Å²) in [5, 5.41) is 9.31. The molecule has 0 atom stereocenters. The summed E-state index contributed by atoms with van der Waals surface area (Å²) in [6.07, 6.45) is 0. The predicted molar refractivity (Wildman–Crippen MR) is 85.2 cm³/mol. The highest BCUT2D eigenvalue weighted by molar-refractivity contribution is 5.83. The van der Waals surface area contributed by atoms with E-state index in [4.69, 9.17) is 14.3 Å². The molecule has 3 rings (SSSR count). The first kappa shape index (κ1) is 14.4. The molecule has 0 aliphatic heterocycles. The number of fused-ring (bicyclic) bond motifs is 1. The van der Waals surface area contributed by atoms with Crippen LogP contribution in [0, 0.1) is 6.92 Å². The van der Waals surface area contributed by atoms with Gasteiger partial charge < -0.3 is 14.3 Å². The number of hydrogen-bond donors (Lipinski definition) is 1. The number of benzene rings is 2. The molecule has 4 nitrogen and oxygen atoms in total. The Bertz CT molecular complexity index is 850. The predicted octanol–water partition coefficient (Wildman–Crippen LogP) is 3.14. The van der Waals surface area contributed by atoms with Crippen molar-refractivity contribution in [1.82, 2.24) is 0 Å². The molecule has 1 aromatic heterocycles. The van der Waals surface area contributed by atoms with Crippen LogP contribution in [0.5, 0.6) is 5.75 Å². The Balaban J connectivity index is 2.16. The maximum atomic E-state index is 12.7. The molecule has 0 aliphatic rings. The topological polar surface area (TPSA) is 59.7 Å². The normalized spacial score (nSPS) is 10.8. The lowest BCUT2D eigenvalue weighted by molar-refractivity contribution is 0.201. The Labute approximate surface area is 127 Å². The Hall–Kier alpha value is -2.59. The molecule has 0 radical (unpaired) electrons. The fraction of sp³-hybridized carbons (Fsp3) is 0.167. The summed E-state index contributed by atoms with van der Waals surface area (Å²) in [7, 11) is 0. The number of aliphatic hydroxyl groups excluding tert-OH is 1. The molecule has 1 heterocycles. The molecular weight excluding hydrogens is 280 g/mol. The SMILES string of the molecule is Cc1oc2cc(OCCO)ccc2c(=O)c1-c1ccccc1. The van der Waals surface area contributed by atoms with Crippen molar-refractivity contribution >= 4 is 11.0 Å². The lowest BCUT2D eigenvalue weighted by atomic mass is 10.0. The lowest BCUT2D eigenvalue weighted by Gasteiger charge is -2.09. The van der Waals surface area contributed by atoms with Gasteiger partial charge in [-0.25, -0.2) is 0 Å². The zero-order valence-corrected chi connectivity index (χ0v) is 12.2. The van der Waals surface area contributed by atoms with E-state index < -0.39 is 0 Å². The minimum Gasteiger partial charge on any atom is -0.491 e. The van der Waals surface area contributed by atoms with Crippen molar-refractivity contribution < 1.29 is 14.3 Å². The van der Waals surface area contributed by atoms with Gasteiger partial charge in [-0.15, -0.1) is 0 Å². The summed E-state index contributed by atoms with van der Waals surface area (Å²) in [6, 6.07) is 14.6. The lowest BCUT2D eigenvalue weighted by Crippen LogP contribution is -2.08. The number of hydrogen-bond acceptors (Lipinski definition) is 4. The van der Waals surface area contributed by atoms with Crippen molar-refractivity contribution in [1.29, 1.82) is 0 Å². The van der Waals surface area contributed by atoms with Gasteiger partial charge in [-0.1, -0.05) is 30.3 Å². The molecule has 3 aromatic rings. The molecule has 0 amide bonds. The van der Waals surface area contributed by atoms with Gasteiger partial charge in [-0.3, -0.25) is 4.79 Å².